The molecule has 0 saturated heterocycles. The van der Waals surface area contributed by atoms with Crippen LogP contribution in [0.1, 0.15) is 0 Å². The van der Waals surface area contributed by atoms with Crippen molar-refractivity contribution in [1.29, 1.82) is 0 Å². The van der Waals surface area contributed by atoms with Gasteiger partial charge in [-0.1, -0.05) is 170 Å². The first-order chi connectivity index (χ1) is 29.2. The summed E-state index contributed by atoms with van der Waals surface area (Å²) in [7, 11) is 0. The first-order valence-electron chi connectivity index (χ1n) is 20.0. The van der Waals surface area contributed by atoms with Crippen LogP contribution in [0.4, 0.5) is 0 Å². The van der Waals surface area contributed by atoms with Gasteiger partial charge in [-0.15, -0.1) is 0 Å². The summed E-state index contributed by atoms with van der Waals surface area (Å²) >= 11 is 0. The molecule has 0 atom stereocenters. The number of hydrogen-bond donors (Lipinski definition) is 0. The first-order valence-corrected chi connectivity index (χ1v) is 20.0. The molecule has 0 bridgehead atoms. The van der Waals surface area contributed by atoms with Gasteiger partial charge in [-0.2, -0.15) is 0 Å². The predicted molar refractivity (Wildman–Crippen MR) is 246 cm³/mol. The zero-order valence-corrected chi connectivity index (χ0v) is 31.9. The van der Waals surface area contributed by atoms with E-state index in [9.17, 15) is 0 Å². The quantitative estimate of drug-likeness (QED) is 0.165. The molecule has 4 aromatic heterocycles. The minimum Gasteiger partial charge on any atom is -0.307 e. The molecule has 0 aliphatic heterocycles. The summed E-state index contributed by atoms with van der Waals surface area (Å²) in [6, 6.07) is 73.1. The van der Waals surface area contributed by atoms with Crippen molar-refractivity contribution in [2.75, 3.05) is 0 Å². The lowest BCUT2D eigenvalue weighted by Gasteiger charge is -2.13. The zero-order chi connectivity index (χ0) is 38.9. The molecule has 8 aromatic carbocycles. The van der Waals surface area contributed by atoms with E-state index in [0.717, 1.165) is 99.7 Å². The normalized spacial score (nSPS) is 11.7. The zero-order valence-electron chi connectivity index (χ0n) is 31.9. The number of para-hydroxylation sites is 1. The second kappa shape index (κ2) is 13.3. The number of nitrogens with zero attached hydrogens (tertiary/aromatic N) is 4. The highest BCUT2D eigenvalue weighted by Crippen LogP contribution is 2.41. The maximum Gasteiger partial charge on any atom is 0.0972 e. The Morgan fingerprint density at radius 2 is 0.847 bits per heavy atom. The fraction of sp³-hybridized carbons (Fsp3) is 0. The fourth-order valence-electron chi connectivity index (χ4n) is 8.91. The van der Waals surface area contributed by atoms with Gasteiger partial charge in [0.15, 0.2) is 0 Å². The van der Waals surface area contributed by atoms with Crippen LogP contribution in [0, 0.1) is 0 Å². The molecule has 0 N–H and O–H groups in total. The number of rotatable bonds is 5. The average Bonchev–Trinajstić information content (AvgIpc) is 3.66. The van der Waals surface area contributed by atoms with Crippen molar-refractivity contribution < 1.29 is 0 Å². The van der Waals surface area contributed by atoms with E-state index in [1.807, 2.05) is 6.07 Å². The van der Waals surface area contributed by atoms with Gasteiger partial charge in [0.2, 0.25) is 0 Å². The van der Waals surface area contributed by atoms with Crippen molar-refractivity contribution in [3.63, 3.8) is 0 Å². The monoisotopic (exact) mass is 750 g/mol. The van der Waals surface area contributed by atoms with Gasteiger partial charge in [-0.25, -0.2) is 15.0 Å². The van der Waals surface area contributed by atoms with Crippen LogP contribution in [0.3, 0.4) is 0 Å². The molecular formula is C55H34N4. The van der Waals surface area contributed by atoms with Crippen LogP contribution in [0.5, 0.6) is 0 Å². The minimum atomic E-state index is 0.904. The van der Waals surface area contributed by atoms with E-state index < -0.39 is 0 Å². The number of benzene rings is 8. The Kier molecular flexibility index (Phi) is 7.50. The molecule has 0 spiro atoms. The van der Waals surface area contributed by atoms with Crippen molar-refractivity contribution in [3.8, 4) is 50.6 Å². The topological polar surface area (TPSA) is 43.6 Å². The van der Waals surface area contributed by atoms with Crippen LogP contribution in [-0.2, 0) is 0 Å². The maximum atomic E-state index is 5.54. The lowest BCUT2D eigenvalue weighted by Crippen LogP contribution is -1.97. The molecule has 0 radical (unpaired) electrons. The number of aromatic nitrogens is 4. The Hall–Kier alpha value is -7.95. The van der Waals surface area contributed by atoms with E-state index in [-0.39, 0.29) is 0 Å². The summed E-state index contributed by atoms with van der Waals surface area (Å²) in [5.41, 5.74) is 14.5. The summed E-state index contributed by atoms with van der Waals surface area (Å²) < 4.78 is 2.41. The van der Waals surface area contributed by atoms with Crippen molar-refractivity contribution in [2.24, 2.45) is 0 Å². The molecule has 4 heteroatoms. The third-order valence-electron chi connectivity index (χ3n) is 11.7. The summed E-state index contributed by atoms with van der Waals surface area (Å²) in [5, 5.41) is 8.00. The van der Waals surface area contributed by atoms with E-state index in [0.29, 0.717) is 0 Å². The minimum absolute atomic E-state index is 0.904. The van der Waals surface area contributed by atoms with Crippen LogP contribution in [0.2, 0.25) is 0 Å². The lowest BCUT2D eigenvalue weighted by atomic mass is 9.98. The number of hydrogen-bond acceptors (Lipinski definition) is 3. The highest BCUT2D eigenvalue weighted by Gasteiger charge is 2.20. The van der Waals surface area contributed by atoms with E-state index in [1.165, 1.54) is 16.2 Å². The van der Waals surface area contributed by atoms with Gasteiger partial charge in [0, 0.05) is 54.7 Å². The molecule has 59 heavy (non-hydrogen) atoms. The predicted octanol–water partition coefficient (Wildman–Crippen LogP) is 14.2. The molecule has 12 rings (SSSR count). The average molecular weight is 751 g/mol. The SMILES string of the molecule is c1ccc(-c2ccc3ccc4ccc(-c5cccc(-c6ccc7c8ccc9c%10ccccc%10c(-c%10ccccc%10)nc9c8n(-c8ccccc8)c7c6)c5)nc4c3n2)cc1. The van der Waals surface area contributed by atoms with Crippen molar-refractivity contribution in [2.45, 2.75) is 0 Å². The maximum absolute atomic E-state index is 5.54. The Bertz CT molecular complexity index is 3590. The number of pyridine rings is 3. The van der Waals surface area contributed by atoms with E-state index >= 15 is 0 Å². The van der Waals surface area contributed by atoms with Crippen LogP contribution in [0.15, 0.2) is 206 Å². The molecule has 274 valence electrons. The van der Waals surface area contributed by atoms with Gasteiger partial charge in [-0.05, 0) is 52.9 Å². The van der Waals surface area contributed by atoms with E-state index in [1.54, 1.807) is 0 Å². The summed E-state index contributed by atoms with van der Waals surface area (Å²) in [5.74, 6) is 0. The van der Waals surface area contributed by atoms with Gasteiger partial charge in [-0.3, -0.25) is 0 Å². The highest BCUT2D eigenvalue weighted by molar-refractivity contribution is 6.23. The van der Waals surface area contributed by atoms with Crippen molar-refractivity contribution in [1.82, 2.24) is 19.5 Å². The van der Waals surface area contributed by atoms with Crippen LogP contribution in [-0.4, -0.2) is 19.5 Å². The summed E-state index contributed by atoms with van der Waals surface area (Å²) in [4.78, 5) is 16.0. The van der Waals surface area contributed by atoms with Gasteiger partial charge in [0.1, 0.15) is 0 Å². The van der Waals surface area contributed by atoms with Gasteiger partial charge < -0.3 is 4.57 Å². The summed E-state index contributed by atoms with van der Waals surface area (Å²) in [6.45, 7) is 0. The molecule has 12 aromatic rings. The second-order valence-electron chi connectivity index (χ2n) is 15.2. The smallest absolute Gasteiger partial charge is 0.0972 e. The molecule has 0 fully saturated rings. The summed E-state index contributed by atoms with van der Waals surface area (Å²) in [6.07, 6.45) is 0. The molecule has 0 saturated carbocycles. The standard InChI is InChI=1S/C55H34N4/c1-4-13-35(14-5-1)48-31-26-37-23-24-38-27-32-49(57-53(38)52(37)56-48)41-18-12-17-39(33-41)40-25-28-44-47-30-29-46-43-21-10-11-22-45(43)51(36-15-6-2-7-16-36)58-54(46)55(47)59(50(44)34-40)42-19-8-3-9-20-42/h1-34H. The van der Waals surface area contributed by atoms with E-state index in [4.69, 9.17) is 15.0 Å². The third-order valence-corrected chi connectivity index (χ3v) is 11.7. The van der Waals surface area contributed by atoms with Crippen LogP contribution in [0.25, 0.3) is 116 Å². The fourth-order valence-corrected chi connectivity index (χ4v) is 8.91. The van der Waals surface area contributed by atoms with Gasteiger partial charge >= 0.3 is 0 Å². The van der Waals surface area contributed by atoms with Crippen LogP contribution >= 0.6 is 0 Å². The molecule has 4 nitrogen and oxygen atoms in total. The van der Waals surface area contributed by atoms with Gasteiger partial charge in [0.25, 0.3) is 0 Å². The Balaban J connectivity index is 1.04. The molecular weight excluding hydrogens is 717 g/mol. The Morgan fingerprint density at radius 1 is 0.305 bits per heavy atom. The Labute approximate surface area is 340 Å². The van der Waals surface area contributed by atoms with Crippen LogP contribution < -0.4 is 0 Å². The highest BCUT2D eigenvalue weighted by atomic mass is 15.0. The first kappa shape index (κ1) is 33.2. The van der Waals surface area contributed by atoms with Crippen molar-refractivity contribution >= 4 is 65.3 Å². The molecule has 0 amide bonds. The molecule has 0 unspecified atom stereocenters. The van der Waals surface area contributed by atoms with Gasteiger partial charge in [0.05, 0.1) is 44.7 Å². The van der Waals surface area contributed by atoms with E-state index in [2.05, 4.69) is 205 Å². The largest absolute Gasteiger partial charge is 0.307 e. The second-order valence-corrected chi connectivity index (χ2v) is 15.2. The molecule has 0 aliphatic carbocycles. The molecule has 0 aliphatic rings. The lowest BCUT2D eigenvalue weighted by molar-refractivity contribution is 1.18. The third kappa shape index (κ3) is 5.42. The Morgan fingerprint density at radius 3 is 1.58 bits per heavy atom. The van der Waals surface area contributed by atoms with Crippen molar-refractivity contribution in [3.05, 3.63) is 206 Å². The molecule has 4 heterocycles. The number of fused-ring (bicyclic) bond motifs is 10.